The van der Waals surface area contributed by atoms with Gasteiger partial charge in [-0.25, -0.2) is 0 Å². The molecule has 1 nitrogen and oxygen atoms in total. The number of hydrogen-bond donors (Lipinski definition) is 0. The van der Waals surface area contributed by atoms with Crippen LogP contribution in [0.1, 0.15) is 44.6 Å². The molecule has 1 saturated heterocycles. The summed E-state index contributed by atoms with van der Waals surface area (Å²) < 4.78 is 6.66. The number of benzene rings is 1. The van der Waals surface area contributed by atoms with Crippen LogP contribution in [0.4, 0.5) is 0 Å². The molecule has 2 saturated carbocycles. The first-order valence-electron chi connectivity index (χ1n) is 7.04. The lowest BCUT2D eigenvalue weighted by Gasteiger charge is -2.38. The normalized spacial score (nSPS) is 46.6. The highest BCUT2D eigenvalue weighted by Gasteiger charge is 2.66. The van der Waals surface area contributed by atoms with Gasteiger partial charge in [-0.1, -0.05) is 37.3 Å². The Labute approximate surface area is 103 Å². The van der Waals surface area contributed by atoms with Crippen LogP contribution in [0.3, 0.4) is 0 Å². The summed E-state index contributed by atoms with van der Waals surface area (Å²) in [5, 5.41) is 0. The topological polar surface area (TPSA) is 9.23 Å². The van der Waals surface area contributed by atoms with Gasteiger partial charge >= 0.3 is 0 Å². The van der Waals surface area contributed by atoms with Crippen molar-refractivity contribution in [1.82, 2.24) is 0 Å². The average Bonchev–Trinajstić information content (AvgIpc) is 2.95. The lowest BCUT2D eigenvalue weighted by atomic mass is 9.82. The van der Waals surface area contributed by atoms with Crippen LogP contribution in [-0.2, 0) is 10.3 Å². The lowest BCUT2D eigenvalue weighted by molar-refractivity contribution is -0.138. The van der Waals surface area contributed by atoms with Gasteiger partial charge in [-0.05, 0) is 49.5 Å². The number of fused-ring (bicyclic) bond motifs is 1. The summed E-state index contributed by atoms with van der Waals surface area (Å²) in [6, 6.07) is 11.0. The maximum absolute atomic E-state index is 6.66. The van der Waals surface area contributed by atoms with Crippen molar-refractivity contribution >= 4 is 0 Å². The van der Waals surface area contributed by atoms with Gasteiger partial charge in [0.05, 0.1) is 11.2 Å². The molecule has 0 N–H and O–H groups in total. The summed E-state index contributed by atoms with van der Waals surface area (Å²) in [6.45, 7) is 2.30. The van der Waals surface area contributed by atoms with E-state index in [1.807, 2.05) is 0 Å². The molecule has 0 amide bonds. The Hall–Kier alpha value is -0.820. The summed E-state index contributed by atoms with van der Waals surface area (Å²) in [4.78, 5) is 0. The van der Waals surface area contributed by atoms with Gasteiger partial charge in [0.25, 0.3) is 0 Å². The Kier molecular flexibility index (Phi) is 1.87. The first-order valence-corrected chi connectivity index (χ1v) is 7.04. The van der Waals surface area contributed by atoms with Crippen LogP contribution >= 0.6 is 0 Å². The second-order valence-corrected chi connectivity index (χ2v) is 6.21. The van der Waals surface area contributed by atoms with Crippen molar-refractivity contribution in [2.24, 2.45) is 11.8 Å². The van der Waals surface area contributed by atoms with Crippen LogP contribution in [0.25, 0.3) is 0 Å². The SMILES string of the molecule is CC[C@@]12C[C@H]3CC[C@@](c4ccccc4)(O1)[C@@H]3C2. The minimum Gasteiger partial charge on any atom is -0.364 e. The van der Waals surface area contributed by atoms with Crippen LogP contribution in [-0.4, -0.2) is 5.60 Å². The quantitative estimate of drug-likeness (QED) is 0.746. The molecule has 2 aliphatic carbocycles. The molecule has 3 fully saturated rings. The lowest BCUT2D eigenvalue weighted by Crippen LogP contribution is -2.37. The van der Waals surface area contributed by atoms with Gasteiger partial charge in [0, 0.05) is 0 Å². The first kappa shape index (κ1) is 10.1. The van der Waals surface area contributed by atoms with E-state index in [0.29, 0.717) is 0 Å². The van der Waals surface area contributed by atoms with Gasteiger partial charge in [0.1, 0.15) is 0 Å². The van der Waals surface area contributed by atoms with Crippen LogP contribution in [0.2, 0.25) is 0 Å². The molecule has 0 unspecified atom stereocenters. The highest BCUT2D eigenvalue weighted by atomic mass is 16.5. The van der Waals surface area contributed by atoms with Crippen molar-refractivity contribution in [3.63, 3.8) is 0 Å². The average molecular weight is 228 g/mol. The summed E-state index contributed by atoms with van der Waals surface area (Å²) in [5.74, 6) is 1.73. The third-order valence-corrected chi connectivity index (χ3v) is 5.59. The fourth-order valence-electron chi connectivity index (χ4n) is 4.80. The van der Waals surface area contributed by atoms with E-state index in [1.54, 1.807) is 0 Å². The molecule has 0 spiro atoms. The Balaban J connectivity index is 1.81. The Morgan fingerprint density at radius 1 is 1.24 bits per heavy atom. The van der Waals surface area contributed by atoms with Crippen molar-refractivity contribution < 1.29 is 4.74 Å². The van der Waals surface area contributed by atoms with Gasteiger partial charge in [0.2, 0.25) is 0 Å². The first-order chi connectivity index (χ1) is 8.28. The van der Waals surface area contributed by atoms with E-state index in [0.717, 1.165) is 11.8 Å². The molecular weight excluding hydrogens is 208 g/mol. The molecule has 1 heteroatoms. The van der Waals surface area contributed by atoms with Crippen molar-refractivity contribution in [3.8, 4) is 0 Å². The Morgan fingerprint density at radius 3 is 2.76 bits per heavy atom. The molecule has 4 rings (SSSR count). The highest BCUT2D eigenvalue weighted by Crippen LogP contribution is 2.68. The van der Waals surface area contributed by atoms with E-state index in [9.17, 15) is 0 Å². The van der Waals surface area contributed by atoms with Gasteiger partial charge in [0.15, 0.2) is 0 Å². The predicted octanol–water partition coefficient (Wildman–Crippen LogP) is 3.88. The molecule has 1 heterocycles. The molecule has 17 heavy (non-hydrogen) atoms. The van der Waals surface area contributed by atoms with Gasteiger partial charge in [-0.3, -0.25) is 0 Å². The molecule has 1 aromatic carbocycles. The number of ether oxygens (including phenoxy) is 1. The van der Waals surface area contributed by atoms with Gasteiger partial charge < -0.3 is 4.74 Å². The maximum atomic E-state index is 6.66. The van der Waals surface area contributed by atoms with Crippen molar-refractivity contribution in [2.45, 2.75) is 50.2 Å². The molecule has 1 aromatic rings. The van der Waals surface area contributed by atoms with Crippen molar-refractivity contribution in [1.29, 1.82) is 0 Å². The van der Waals surface area contributed by atoms with Crippen molar-refractivity contribution in [2.75, 3.05) is 0 Å². The molecule has 90 valence electrons. The van der Waals surface area contributed by atoms with E-state index in [-0.39, 0.29) is 11.2 Å². The molecule has 2 bridgehead atoms. The second-order valence-electron chi connectivity index (χ2n) is 6.21. The highest BCUT2D eigenvalue weighted by molar-refractivity contribution is 5.30. The third kappa shape index (κ3) is 1.14. The fourth-order valence-corrected chi connectivity index (χ4v) is 4.80. The standard InChI is InChI=1S/C16H20O/c1-2-15-10-12-8-9-16(17-15,14(12)11-15)13-6-4-3-5-7-13/h3-7,12,14H,2,8-11H2,1H3/t12-,14-,15+,16+/m1/s1. The zero-order chi connectivity index (χ0) is 11.5. The Morgan fingerprint density at radius 2 is 2.06 bits per heavy atom. The minimum absolute atomic E-state index is 0.0835. The predicted molar refractivity (Wildman–Crippen MR) is 67.7 cm³/mol. The van der Waals surface area contributed by atoms with E-state index < -0.39 is 0 Å². The molecule has 0 radical (unpaired) electrons. The maximum Gasteiger partial charge on any atom is 0.0970 e. The van der Waals surface area contributed by atoms with E-state index in [4.69, 9.17) is 4.74 Å². The monoisotopic (exact) mass is 228 g/mol. The van der Waals surface area contributed by atoms with Gasteiger partial charge in [-0.15, -0.1) is 0 Å². The molecule has 4 atom stereocenters. The second kappa shape index (κ2) is 3.14. The summed E-state index contributed by atoms with van der Waals surface area (Å²) in [5.41, 5.74) is 1.74. The van der Waals surface area contributed by atoms with Crippen LogP contribution in [0, 0.1) is 11.8 Å². The van der Waals surface area contributed by atoms with Crippen molar-refractivity contribution in [3.05, 3.63) is 35.9 Å². The van der Waals surface area contributed by atoms with E-state index in [1.165, 1.54) is 37.7 Å². The molecule has 0 aromatic heterocycles. The smallest absolute Gasteiger partial charge is 0.0970 e. The summed E-state index contributed by atoms with van der Waals surface area (Å²) >= 11 is 0. The zero-order valence-corrected chi connectivity index (χ0v) is 10.5. The zero-order valence-electron chi connectivity index (χ0n) is 10.5. The van der Waals surface area contributed by atoms with Crippen LogP contribution in [0.15, 0.2) is 30.3 Å². The fraction of sp³-hybridized carbons (Fsp3) is 0.625. The van der Waals surface area contributed by atoms with E-state index in [2.05, 4.69) is 37.3 Å². The largest absolute Gasteiger partial charge is 0.364 e. The summed E-state index contributed by atoms with van der Waals surface area (Å²) in [6.07, 6.45) is 6.44. The minimum atomic E-state index is 0.0835. The number of hydrogen-bond acceptors (Lipinski definition) is 1. The Bertz CT molecular complexity index is 440. The molecular formula is C16H20O. The molecule has 1 aliphatic heterocycles. The van der Waals surface area contributed by atoms with Gasteiger partial charge in [-0.2, -0.15) is 0 Å². The molecule has 3 aliphatic rings. The van der Waals surface area contributed by atoms with Crippen LogP contribution in [0.5, 0.6) is 0 Å². The number of rotatable bonds is 2. The van der Waals surface area contributed by atoms with E-state index >= 15 is 0 Å². The third-order valence-electron chi connectivity index (χ3n) is 5.59. The van der Waals surface area contributed by atoms with Crippen LogP contribution < -0.4 is 0 Å². The summed E-state index contributed by atoms with van der Waals surface area (Å²) in [7, 11) is 0.